The molecule has 7 heteroatoms. The van der Waals surface area contributed by atoms with Crippen LogP contribution in [0.25, 0.3) is 11.5 Å². The van der Waals surface area contributed by atoms with Gasteiger partial charge in [-0.2, -0.15) is 0 Å². The normalized spacial score (nSPS) is 19.6. The van der Waals surface area contributed by atoms with Gasteiger partial charge in [-0.05, 0) is 32.8 Å². The minimum absolute atomic E-state index is 0.0750. The van der Waals surface area contributed by atoms with Crippen LogP contribution in [0.3, 0.4) is 0 Å². The molecule has 1 aliphatic rings. The van der Waals surface area contributed by atoms with Crippen molar-refractivity contribution in [3.05, 3.63) is 23.5 Å². The van der Waals surface area contributed by atoms with Gasteiger partial charge in [0, 0.05) is 13.1 Å². The average molecular weight is 318 g/mol. The summed E-state index contributed by atoms with van der Waals surface area (Å²) in [6.45, 7) is 7.80. The minimum atomic E-state index is -0.147. The third-order valence-corrected chi connectivity index (χ3v) is 4.13. The van der Waals surface area contributed by atoms with Crippen LogP contribution in [0.2, 0.25) is 0 Å². The number of hydrogen-bond acceptors (Lipinski definition) is 6. The Morgan fingerprint density at radius 2 is 2.17 bits per heavy atom. The summed E-state index contributed by atoms with van der Waals surface area (Å²) in [7, 11) is 0. The molecule has 0 radical (unpaired) electrons. The van der Waals surface area contributed by atoms with Crippen LogP contribution in [0, 0.1) is 13.8 Å². The summed E-state index contributed by atoms with van der Waals surface area (Å²) >= 11 is 0. The third kappa shape index (κ3) is 3.29. The maximum atomic E-state index is 12.1. The van der Waals surface area contributed by atoms with Crippen LogP contribution in [0.1, 0.15) is 37.2 Å². The van der Waals surface area contributed by atoms with Gasteiger partial charge >= 0.3 is 0 Å². The van der Waals surface area contributed by atoms with Crippen molar-refractivity contribution in [3.63, 3.8) is 0 Å². The van der Waals surface area contributed by atoms with E-state index < -0.39 is 0 Å². The number of rotatable bonds is 4. The molecule has 3 rings (SSSR count). The first-order valence-corrected chi connectivity index (χ1v) is 8.00. The number of nitrogens with one attached hydrogen (secondary N) is 1. The maximum Gasteiger partial charge on any atom is 0.251 e. The number of nitrogens with zero attached hydrogens (tertiary/aromatic N) is 3. The Balaban J connectivity index is 1.78. The predicted octanol–water partition coefficient (Wildman–Crippen LogP) is 2.05. The van der Waals surface area contributed by atoms with E-state index in [-0.39, 0.29) is 11.9 Å². The third-order valence-electron chi connectivity index (χ3n) is 4.13. The summed E-state index contributed by atoms with van der Waals surface area (Å²) < 4.78 is 11.3. The van der Waals surface area contributed by atoms with Crippen molar-refractivity contribution in [1.29, 1.82) is 0 Å². The standard InChI is InChI=1S/C16H22N4O3/c1-4-13-15(21)17-6-5-7-20(13)9-14-18-19-16(23-14)12-8-10(2)22-11(12)3/h8,13H,4-7,9H2,1-3H3,(H,17,21)/t13-/m1/s1. The number of furan rings is 1. The molecular weight excluding hydrogens is 296 g/mol. The van der Waals surface area contributed by atoms with Crippen LogP contribution >= 0.6 is 0 Å². The summed E-state index contributed by atoms with van der Waals surface area (Å²) in [4.78, 5) is 14.2. The highest BCUT2D eigenvalue weighted by Gasteiger charge is 2.28. The zero-order valence-electron chi connectivity index (χ0n) is 13.8. The lowest BCUT2D eigenvalue weighted by atomic mass is 10.2. The molecule has 0 aromatic carbocycles. The highest BCUT2D eigenvalue weighted by Crippen LogP contribution is 2.26. The van der Waals surface area contributed by atoms with Crippen molar-refractivity contribution in [2.75, 3.05) is 13.1 Å². The molecule has 1 fully saturated rings. The van der Waals surface area contributed by atoms with Crippen LogP contribution in [-0.2, 0) is 11.3 Å². The van der Waals surface area contributed by atoms with E-state index in [2.05, 4.69) is 20.4 Å². The quantitative estimate of drug-likeness (QED) is 0.928. The molecular formula is C16H22N4O3. The van der Waals surface area contributed by atoms with E-state index in [0.717, 1.165) is 36.5 Å². The van der Waals surface area contributed by atoms with Gasteiger partial charge in [-0.25, -0.2) is 0 Å². The Morgan fingerprint density at radius 3 is 2.87 bits per heavy atom. The number of carbonyl (C=O) groups excluding carboxylic acids is 1. The molecule has 3 heterocycles. The van der Waals surface area contributed by atoms with Crippen molar-refractivity contribution >= 4 is 5.91 Å². The van der Waals surface area contributed by atoms with Gasteiger partial charge in [-0.3, -0.25) is 9.69 Å². The molecule has 1 aliphatic heterocycles. The van der Waals surface area contributed by atoms with Crippen LogP contribution in [0.15, 0.2) is 14.9 Å². The number of hydrogen-bond donors (Lipinski definition) is 1. The number of carbonyl (C=O) groups is 1. The second kappa shape index (κ2) is 6.54. The fourth-order valence-electron chi connectivity index (χ4n) is 3.01. The Kier molecular flexibility index (Phi) is 4.47. The Hall–Kier alpha value is -2.15. The highest BCUT2D eigenvalue weighted by molar-refractivity contribution is 5.81. The summed E-state index contributed by atoms with van der Waals surface area (Å²) in [6.07, 6.45) is 1.68. The SMILES string of the molecule is CC[C@@H]1C(=O)NCCCN1Cc1nnc(-c2cc(C)oc2C)o1. The lowest BCUT2D eigenvalue weighted by Gasteiger charge is -2.25. The molecule has 1 atom stereocenters. The van der Waals surface area contributed by atoms with E-state index in [0.29, 0.717) is 24.9 Å². The zero-order chi connectivity index (χ0) is 16.4. The lowest BCUT2D eigenvalue weighted by molar-refractivity contribution is -0.125. The van der Waals surface area contributed by atoms with Crippen molar-refractivity contribution in [3.8, 4) is 11.5 Å². The summed E-state index contributed by atoms with van der Waals surface area (Å²) in [5.41, 5.74) is 0.821. The van der Waals surface area contributed by atoms with E-state index in [1.54, 1.807) is 0 Å². The van der Waals surface area contributed by atoms with Gasteiger partial charge in [0.15, 0.2) is 0 Å². The number of aryl methyl sites for hydroxylation is 2. The molecule has 1 amide bonds. The van der Waals surface area contributed by atoms with Gasteiger partial charge in [0.05, 0.1) is 18.2 Å². The maximum absolute atomic E-state index is 12.1. The molecule has 2 aromatic heterocycles. The molecule has 7 nitrogen and oxygen atoms in total. The smallest absolute Gasteiger partial charge is 0.251 e. The Labute approximate surface area is 135 Å². The first kappa shape index (κ1) is 15.7. The summed E-state index contributed by atoms with van der Waals surface area (Å²) in [5, 5.41) is 11.2. The molecule has 0 unspecified atom stereocenters. The van der Waals surface area contributed by atoms with Gasteiger partial charge in [-0.15, -0.1) is 10.2 Å². The van der Waals surface area contributed by atoms with Gasteiger partial charge in [-0.1, -0.05) is 6.92 Å². The fourth-order valence-corrected chi connectivity index (χ4v) is 3.01. The van der Waals surface area contributed by atoms with Crippen molar-refractivity contribution in [1.82, 2.24) is 20.4 Å². The van der Waals surface area contributed by atoms with Crippen LogP contribution < -0.4 is 5.32 Å². The molecule has 0 spiro atoms. The molecule has 2 aromatic rings. The Bertz CT molecular complexity index is 691. The second-order valence-corrected chi connectivity index (χ2v) is 5.87. The van der Waals surface area contributed by atoms with Crippen LogP contribution in [-0.4, -0.2) is 40.1 Å². The molecule has 0 aliphatic carbocycles. The van der Waals surface area contributed by atoms with Crippen LogP contribution in [0.4, 0.5) is 0 Å². The lowest BCUT2D eigenvalue weighted by Crippen LogP contribution is -2.43. The monoisotopic (exact) mass is 318 g/mol. The predicted molar refractivity (Wildman–Crippen MR) is 83.6 cm³/mol. The molecule has 0 saturated carbocycles. The molecule has 1 N–H and O–H groups in total. The molecule has 0 bridgehead atoms. The van der Waals surface area contributed by atoms with Crippen molar-refractivity contribution in [2.24, 2.45) is 0 Å². The number of aromatic nitrogens is 2. The molecule has 23 heavy (non-hydrogen) atoms. The van der Waals surface area contributed by atoms with Crippen LogP contribution in [0.5, 0.6) is 0 Å². The summed E-state index contributed by atoms with van der Waals surface area (Å²) in [6, 6.07) is 1.74. The molecule has 1 saturated heterocycles. The van der Waals surface area contributed by atoms with Crippen molar-refractivity contribution in [2.45, 2.75) is 46.2 Å². The Morgan fingerprint density at radius 1 is 1.35 bits per heavy atom. The van der Waals surface area contributed by atoms with E-state index in [1.807, 2.05) is 26.8 Å². The number of amides is 1. The topological polar surface area (TPSA) is 84.4 Å². The largest absolute Gasteiger partial charge is 0.466 e. The van der Waals surface area contributed by atoms with E-state index in [4.69, 9.17) is 8.83 Å². The zero-order valence-corrected chi connectivity index (χ0v) is 13.8. The average Bonchev–Trinajstić information content (AvgIpc) is 3.04. The van der Waals surface area contributed by atoms with Gasteiger partial charge < -0.3 is 14.2 Å². The first-order chi connectivity index (χ1) is 11.1. The molecule has 124 valence electrons. The van der Waals surface area contributed by atoms with Gasteiger partial charge in [0.2, 0.25) is 11.8 Å². The minimum Gasteiger partial charge on any atom is -0.466 e. The van der Waals surface area contributed by atoms with E-state index >= 15 is 0 Å². The van der Waals surface area contributed by atoms with Crippen molar-refractivity contribution < 1.29 is 13.6 Å². The van der Waals surface area contributed by atoms with E-state index in [1.165, 1.54) is 0 Å². The second-order valence-electron chi connectivity index (χ2n) is 5.87. The van der Waals surface area contributed by atoms with E-state index in [9.17, 15) is 4.79 Å². The van der Waals surface area contributed by atoms with Gasteiger partial charge in [0.1, 0.15) is 11.5 Å². The van der Waals surface area contributed by atoms with Gasteiger partial charge in [0.25, 0.3) is 5.89 Å². The fraction of sp³-hybridized carbons (Fsp3) is 0.562. The first-order valence-electron chi connectivity index (χ1n) is 8.00. The summed E-state index contributed by atoms with van der Waals surface area (Å²) in [5.74, 6) is 2.63. The highest BCUT2D eigenvalue weighted by atomic mass is 16.4.